The Balaban J connectivity index is 1.93. The van der Waals surface area contributed by atoms with E-state index in [2.05, 4.69) is 15.3 Å². The number of carboxylic acid groups (broad SMARTS) is 1. The summed E-state index contributed by atoms with van der Waals surface area (Å²) in [6.07, 6.45) is 1.61. The lowest BCUT2D eigenvalue weighted by Gasteiger charge is -2.07. The first kappa shape index (κ1) is 13.8. The Labute approximate surface area is 129 Å². The van der Waals surface area contributed by atoms with Crippen LogP contribution in [0.2, 0.25) is 5.02 Å². The summed E-state index contributed by atoms with van der Waals surface area (Å²) >= 11 is 7.50. The summed E-state index contributed by atoms with van der Waals surface area (Å²) in [5.41, 5.74) is 2.06. The molecule has 3 rings (SSSR count). The van der Waals surface area contributed by atoms with Crippen molar-refractivity contribution in [2.24, 2.45) is 0 Å². The molecule has 0 spiro atoms. The Bertz CT molecular complexity index is 819. The minimum Gasteiger partial charge on any atom is -0.481 e. The molecule has 0 unspecified atom stereocenters. The molecule has 0 saturated carbocycles. The Morgan fingerprint density at radius 3 is 3.05 bits per heavy atom. The van der Waals surface area contributed by atoms with Gasteiger partial charge in [-0.2, -0.15) is 0 Å². The zero-order valence-corrected chi connectivity index (χ0v) is 12.3. The third kappa shape index (κ3) is 2.96. The number of pyridine rings is 1. The van der Waals surface area contributed by atoms with E-state index in [-0.39, 0.29) is 6.42 Å². The minimum atomic E-state index is -0.898. The standard InChI is InChI=1S/C14H10ClN3O2S/c15-10-3-4-11(13-9(10)2-1-5-16-13)18-14-17-8(7-21-14)6-12(19)20/h1-5,7H,6H2,(H,17,18)(H,19,20). The normalized spacial score (nSPS) is 10.7. The van der Waals surface area contributed by atoms with Crippen LogP contribution in [-0.2, 0) is 11.2 Å². The molecule has 1 aromatic carbocycles. The van der Waals surface area contributed by atoms with Crippen molar-refractivity contribution in [1.82, 2.24) is 9.97 Å². The zero-order valence-electron chi connectivity index (χ0n) is 10.7. The molecule has 3 aromatic rings. The number of thiazole rings is 1. The molecule has 2 aromatic heterocycles. The molecule has 0 aliphatic rings. The lowest BCUT2D eigenvalue weighted by atomic mass is 10.2. The molecule has 7 heteroatoms. The van der Waals surface area contributed by atoms with Crippen LogP contribution in [0.5, 0.6) is 0 Å². The first-order valence-electron chi connectivity index (χ1n) is 6.10. The van der Waals surface area contributed by atoms with Gasteiger partial charge in [0.15, 0.2) is 5.13 Å². The fraction of sp³-hybridized carbons (Fsp3) is 0.0714. The average Bonchev–Trinajstić information content (AvgIpc) is 2.89. The van der Waals surface area contributed by atoms with E-state index >= 15 is 0 Å². The van der Waals surface area contributed by atoms with E-state index in [4.69, 9.17) is 16.7 Å². The number of halogens is 1. The number of aliphatic carboxylic acids is 1. The second-order valence-electron chi connectivity index (χ2n) is 4.33. The maximum absolute atomic E-state index is 10.7. The second kappa shape index (κ2) is 5.67. The highest BCUT2D eigenvalue weighted by Crippen LogP contribution is 2.30. The summed E-state index contributed by atoms with van der Waals surface area (Å²) < 4.78 is 0. The van der Waals surface area contributed by atoms with E-state index in [0.29, 0.717) is 15.8 Å². The first-order chi connectivity index (χ1) is 10.1. The van der Waals surface area contributed by atoms with E-state index < -0.39 is 5.97 Å². The second-order valence-corrected chi connectivity index (χ2v) is 5.60. The van der Waals surface area contributed by atoms with E-state index in [9.17, 15) is 4.79 Å². The van der Waals surface area contributed by atoms with Crippen molar-refractivity contribution < 1.29 is 9.90 Å². The highest BCUT2D eigenvalue weighted by Gasteiger charge is 2.09. The number of carbonyl (C=O) groups is 1. The Kier molecular flexibility index (Phi) is 3.72. The fourth-order valence-corrected chi connectivity index (χ4v) is 2.89. The van der Waals surface area contributed by atoms with Crippen molar-refractivity contribution in [2.45, 2.75) is 6.42 Å². The molecule has 2 N–H and O–H groups in total. The maximum atomic E-state index is 10.7. The highest BCUT2D eigenvalue weighted by molar-refractivity contribution is 7.13. The van der Waals surface area contributed by atoms with Crippen LogP contribution >= 0.6 is 22.9 Å². The van der Waals surface area contributed by atoms with E-state index in [1.165, 1.54) is 11.3 Å². The van der Waals surface area contributed by atoms with E-state index in [1.807, 2.05) is 18.2 Å². The number of hydrogen-bond donors (Lipinski definition) is 2. The summed E-state index contributed by atoms with van der Waals surface area (Å²) in [6.45, 7) is 0. The van der Waals surface area contributed by atoms with Crippen molar-refractivity contribution >= 4 is 50.6 Å². The van der Waals surface area contributed by atoms with Gasteiger partial charge in [0.2, 0.25) is 0 Å². The number of fused-ring (bicyclic) bond motifs is 1. The summed E-state index contributed by atoms with van der Waals surface area (Å²) in [5, 5.41) is 15.8. The molecular weight excluding hydrogens is 310 g/mol. The molecule has 0 radical (unpaired) electrons. The van der Waals surface area contributed by atoms with E-state index in [1.54, 1.807) is 17.6 Å². The van der Waals surface area contributed by atoms with Crippen LogP contribution in [-0.4, -0.2) is 21.0 Å². The number of anilines is 2. The lowest BCUT2D eigenvalue weighted by Crippen LogP contribution is -2.00. The number of hydrogen-bond acceptors (Lipinski definition) is 5. The predicted molar refractivity (Wildman–Crippen MR) is 83.5 cm³/mol. The zero-order chi connectivity index (χ0) is 14.8. The summed E-state index contributed by atoms with van der Waals surface area (Å²) in [7, 11) is 0. The molecule has 0 aliphatic carbocycles. The number of aromatic nitrogens is 2. The maximum Gasteiger partial charge on any atom is 0.309 e. The van der Waals surface area contributed by atoms with Gasteiger partial charge >= 0.3 is 5.97 Å². The molecule has 0 amide bonds. The van der Waals surface area contributed by atoms with Gasteiger partial charge in [0.1, 0.15) is 0 Å². The van der Waals surface area contributed by atoms with Gasteiger partial charge in [0.05, 0.1) is 28.3 Å². The number of rotatable bonds is 4. The number of nitrogens with zero attached hydrogens (tertiary/aromatic N) is 2. The molecule has 21 heavy (non-hydrogen) atoms. The number of benzene rings is 1. The van der Waals surface area contributed by atoms with Gasteiger partial charge in [-0.05, 0) is 24.3 Å². The Morgan fingerprint density at radius 2 is 2.24 bits per heavy atom. The quantitative estimate of drug-likeness (QED) is 0.766. The van der Waals surface area contributed by atoms with Gasteiger partial charge in [-0.25, -0.2) is 4.98 Å². The van der Waals surface area contributed by atoms with Gasteiger partial charge in [-0.15, -0.1) is 11.3 Å². The molecule has 2 heterocycles. The van der Waals surface area contributed by atoms with Gasteiger partial charge in [0, 0.05) is 17.0 Å². The van der Waals surface area contributed by atoms with Gasteiger partial charge < -0.3 is 10.4 Å². The summed E-state index contributed by atoms with van der Waals surface area (Å²) in [6, 6.07) is 7.34. The van der Waals surface area contributed by atoms with E-state index in [0.717, 1.165) is 16.6 Å². The first-order valence-corrected chi connectivity index (χ1v) is 7.35. The average molecular weight is 320 g/mol. The van der Waals surface area contributed by atoms with Crippen molar-refractivity contribution in [1.29, 1.82) is 0 Å². The van der Waals surface area contributed by atoms with Gasteiger partial charge in [-0.3, -0.25) is 9.78 Å². The largest absolute Gasteiger partial charge is 0.481 e. The highest BCUT2D eigenvalue weighted by atomic mass is 35.5. The molecule has 0 aliphatic heterocycles. The van der Waals surface area contributed by atoms with Crippen LogP contribution in [0.25, 0.3) is 10.9 Å². The molecule has 5 nitrogen and oxygen atoms in total. The molecule has 0 bridgehead atoms. The molecule has 0 saturated heterocycles. The van der Waals surface area contributed by atoms with Crippen LogP contribution in [0.15, 0.2) is 35.8 Å². The summed E-state index contributed by atoms with van der Waals surface area (Å²) in [4.78, 5) is 19.2. The van der Waals surface area contributed by atoms with Crippen LogP contribution in [0.1, 0.15) is 5.69 Å². The Hall–Kier alpha value is -2.18. The van der Waals surface area contributed by atoms with Crippen LogP contribution in [0.4, 0.5) is 10.8 Å². The lowest BCUT2D eigenvalue weighted by molar-refractivity contribution is -0.136. The third-order valence-corrected chi connectivity index (χ3v) is 3.98. The fourth-order valence-electron chi connectivity index (χ4n) is 1.95. The predicted octanol–water partition coefficient (Wildman–Crippen LogP) is 3.72. The van der Waals surface area contributed by atoms with Crippen LogP contribution in [0, 0.1) is 0 Å². The van der Waals surface area contributed by atoms with Crippen LogP contribution < -0.4 is 5.32 Å². The minimum absolute atomic E-state index is 0.0855. The van der Waals surface area contributed by atoms with Gasteiger partial charge in [-0.1, -0.05) is 11.6 Å². The number of carboxylic acids is 1. The SMILES string of the molecule is O=C(O)Cc1csc(Nc2ccc(Cl)c3cccnc23)n1. The van der Waals surface area contributed by atoms with Crippen LogP contribution in [0.3, 0.4) is 0 Å². The molecule has 0 fully saturated rings. The topological polar surface area (TPSA) is 75.1 Å². The van der Waals surface area contributed by atoms with Crippen molar-refractivity contribution in [2.75, 3.05) is 5.32 Å². The number of nitrogens with one attached hydrogen (secondary N) is 1. The Morgan fingerprint density at radius 1 is 1.38 bits per heavy atom. The molecule has 0 atom stereocenters. The smallest absolute Gasteiger partial charge is 0.309 e. The van der Waals surface area contributed by atoms with Crippen molar-refractivity contribution in [3.05, 3.63) is 46.6 Å². The molecular formula is C14H10ClN3O2S. The third-order valence-electron chi connectivity index (χ3n) is 2.84. The monoisotopic (exact) mass is 319 g/mol. The van der Waals surface area contributed by atoms with Gasteiger partial charge in [0.25, 0.3) is 0 Å². The van der Waals surface area contributed by atoms with Crippen molar-refractivity contribution in [3.8, 4) is 0 Å². The molecule has 106 valence electrons. The summed E-state index contributed by atoms with van der Waals surface area (Å²) in [5.74, 6) is -0.898. The van der Waals surface area contributed by atoms with Crippen molar-refractivity contribution in [3.63, 3.8) is 0 Å².